The molecule has 0 saturated heterocycles. The van der Waals surface area contributed by atoms with E-state index in [9.17, 15) is 9.59 Å². The Morgan fingerprint density at radius 1 is 0.821 bits per heavy atom. The fourth-order valence-electron chi connectivity index (χ4n) is 2.52. The van der Waals surface area contributed by atoms with Crippen molar-refractivity contribution in [1.29, 1.82) is 0 Å². The standard InChI is InChI=1S/C23H19N3O2/c1-2-22(27)25-21-14-12-20(13-15-21)23(28)26-24-16-17-8-10-19(11-9-17)18-6-4-3-5-7-18/h2-16H,1H2,(H,25,27)(H,26,28)/b24-16+. The lowest BCUT2D eigenvalue weighted by Crippen LogP contribution is -2.17. The van der Waals surface area contributed by atoms with Gasteiger partial charge in [-0.1, -0.05) is 61.2 Å². The largest absolute Gasteiger partial charge is 0.323 e. The van der Waals surface area contributed by atoms with Gasteiger partial charge < -0.3 is 5.32 Å². The van der Waals surface area contributed by atoms with Crippen LogP contribution in [0.4, 0.5) is 5.69 Å². The number of benzene rings is 3. The molecule has 138 valence electrons. The Bertz CT molecular complexity index is 992. The highest BCUT2D eigenvalue weighted by Crippen LogP contribution is 2.18. The molecule has 0 spiro atoms. The highest BCUT2D eigenvalue weighted by molar-refractivity contribution is 6.00. The first kappa shape index (κ1) is 18.8. The summed E-state index contributed by atoms with van der Waals surface area (Å²) in [6.07, 6.45) is 2.77. The fourth-order valence-corrected chi connectivity index (χ4v) is 2.52. The molecule has 5 nitrogen and oxygen atoms in total. The number of anilines is 1. The minimum Gasteiger partial charge on any atom is -0.323 e. The molecular weight excluding hydrogens is 350 g/mol. The number of hydrazone groups is 1. The lowest BCUT2D eigenvalue weighted by molar-refractivity contribution is -0.111. The van der Waals surface area contributed by atoms with Gasteiger partial charge in [0, 0.05) is 11.3 Å². The molecule has 28 heavy (non-hydrogen) atoms. The number of nitrogens with zero attached hydrogens (tertiary/aromatic N) is 1. The summed E-state index contributed by atoms with van der Waals surface area (Å²) in [6.45, 7) is 3.39. The Kier molecular flexibility index (Phi) is 6.10. The minimum atomic E-state index is -0.334. The lowest BCUT2D eigenvalue weighted by atomic mass is 10.0. The van der Waals surface area contributed by atoms with E-state index >= 15 is 0 Å². The molecule has 3 aromatic carbocycles. The third-order valence-electron chi connectivity index (χ3n) is 4.00. The van der Waals surface area contributed by atoms with Gasteiger partial charge in [-0.3, -0.25) is 9.59 Å². The van der Waals surface area contributed by atoms with E-state index in [1.54, 1.807) is 30.5 Å². The second-order valence-electron chi connectivity index (χ2n) is 5.96. The second-order valence-corrected chi connectivity index (χ2v) is 5.96. The van der Waals surface area contributed by atoms with Crippen molar-refractivity contribution in [2.24, 2.45) is 5.10 Å². The molecule has 5 heteroatoms. The van der Waals surface area contributed by atoms with Crippen molar-refractivity contribution in [3.63, 3.8) is 0 Å². The molecule has 0 saturated carbocycles. The average Bonchev–Trinajstić information content (AvgIpc) is 2.75. The van der Waals surface area contributed by atoms with Crippen molar-refractivity contribution in [3.8, 4) is 11.1 Å². The zero-order valence-electron chi connectivity index (χ0n) is 15.1. The molecular formula is C23H19N3O2. The van der Waals surface area contributed by atoms with Crippen molar-refractivity contribution in [3.05, 3.63) is 103 Å². The van der Waals surface area contributed by atoms with Gasteiger partial charge in [-0.2, -0.15) is 5.10 Å². The quantitative estimate of drug-likeness (QED) is 0.388. The summed E-state index contributed by atoms with van der Waals surface area (Å²) in [4.78, 5) is 23.4. The number of rotatable bonds is 6. The number of hydrogen-bond donors (Lipinski definition) is 2. The average molecular weight is 369 g/mol. The van der Waals surface area contributed by atoms with Gasteiger partial charge in [0.15, 0.2) is 0 Å². The number of amides is 2. The Labute approximate surface area is 163 Å². The fraction of sp³-hybridized carbons (Fsp3) is 0. The van der Waals surface area contributed by atoms with Crippen molar-refractivity contribution < 1.29 is 9.59 Å². The van der Waals surface area contributed by atoms with Gasteiger partial charge in [0.05, 0.1) is 6.21 Å². The van der Waals surface area contributed by atoms with Crippen LogP contribution >= 0.6 is 0 Å². The van der Waals surface area contributed by atoms with Gasteiger partial charge in [-0.15, -0.1) is 0 Å². The number of hydrogen-bond acceptors (Lipinski definition) is 3. The SMILES string of the molecule is C=CC(=O)Nc1ccc(C(=O)N/N=C/c2ccc(-c3ccccc3)cc2)cc1. The van der Waals surface area contributed by atoms with Gasteiger partial charge in [0.1, 0.15) is 0 Å². The molecule has 2 amide bonds. The van der Waals surface area contributed by atoms with Crippen LogP contribution in [0.2, 0.25) is 0 Å². The first-order chi connectivity index (χ1) is 13.7. The molecule has 0 atom stereocenters. The van der Waals surface area contributed by atoms with Gasteiger partial charge in [-0.05, 0) is 47.0 Å². The van der Waals surface area contributed by atoms with Crippen molar-refractivity contribution in [2.75, 3.05) is 5.32 Å². The van der Waals surface area contributed by atoms with Crippen LogP contribution in [0.15, 0.2) is 96.6 Å². The molecule has 0 radical (unpaired) electrons. The van der Waals surface area contributed by atoms with Crippen LogP contribution in [0.3, 0.4) is 0 Å². The van der Waals surface area contributed by atoms with Crippen LogP contribution in [0.1, 0.15) is 15.9 Å². The van der Waals surface area contributed by atoms with Crippen LogP contribution in [0.25, 0.3) is 11.1 Å². The van der Waals surface area contributed by atoms with E-state index < -0.39 is 0 Å². The Morgan fingerprint density at radius 2 is 1.46 bits per heavy atom. The molecule has 3 aromatic rings. The Balaban J connectivity index is 1.57. The van der Waals surface area contributed by atoms with Crippen LogP contribution in [0, 0.1) is 0 Å². The van der Waals surface area contributed by atoms with Gasteiger partial charge >= 0.3 is 0 Å². The molecule has 0 bridgehead atoms. The van der Waals surface area contributed by atoms with Crippen LogP contribution < -0.4 is 10.7 Å². The summed E-state index contributed by atoms with van der Waals surface area (Å²) in [7, 11) is 0. The maximum absolute atomic E-state index is 12.1. The smallest absolute Gasteiger partial charge is 0.271 e. The van der Waals surface area contributed by atoms with Gasteiger partial charge in [-0.25, -0.2) is 5.43 Å². The van der Waals surface area contributed by atoms with Crippen LogP contribution in [-0.2, 0) is 4.79 Å². The summed E-state index contributed by atoms with van der Waals surface area (Å²) in [6, 6.07) is 24.5. The number of nitrogens with one attached hydrogen (secondary N) is 2. The highest BCUT2D eigenvalue weighted by atomic mass is 16.2. The zero-order chi connectivity index (χ0) is 19.8. The molecule has 0 fully saturated rings. The predicted molar refractivity (Wildman–Crippen MR) is 112 cm³/mol. The number of carbonyl (C=O) groups is 2. The van der Waals surface area contributed by atoms with Crippen molar-refractivity contribution in [1.82, 2.24) is 5.43 Å². The topological polar surface area (TPSA) is 70.6 Å². The van der Waals surface area contributed by atoms with E-state index in [1.807, 2.05) is 42.5 Å². The van der Waals surface area contributed by atoms with Crippen molar-refractivity contribution >= 4 is 23.7 Å². The third-order valence-corrected chi connectivity index (χ3v) is 4.00. The molecule has 0 aliphatic rings. The Morgan fingerprint density at radius 3 is 2.11 bits per heavy atom. The minimum absolute atomic E-state index is 0.305. The Hall–Kier alpha value is -3.99. The maximum Gasteiger partial charge on any atom is 0.271 e. The molecule has 0 heterocycles. The first-order valence-corrected chi connectivity index (χ1v) is 8.68. The van der Waals surface area contributed by atoms with Crippen molar-refractivity contribution in [2.45, 2.75) is 0 Å². The molecule has 3 rings (SSSR count). The van der Waals surface area contributed by atoms with Gasteiger partial charge in [0.25, 0.3) is 5.91 Å². The lowest BCUT2D eigenvalue weighted by Gasteiger charge is -2.04. The molecule has 0 aromatic heterocycles. The normalized spacial score (nSPS) is 10.4. The second kappa shape index (κ2) is 9.09. The van der Waals surface area contributed by atoms with E-state index in [2.05, 4.69) is 34.6 Å². The monoisotopic (exact) mass is 369 g/mol. The van der Waals surface area contributed by atoms with Crippen LogP contribution in [0.5, 0.6) is 0 Å². The number of carbonyl (C=O) groups excluding carboxylic acids is 2. The van der Waals surface area contributed by atoms with E-state index in [0.717, 1.165) is 16.7 Å². The predicted octanol–water partition coefficient (Wildman–Crippen LogP) is 4.24. The third kappa shape index (κ3) is 5.02. The highest BCUT2D eigenvalue weighted by Gasteiger charge is 2.04. The van der Waals surface area contributed by atoms with E-state index in [0.29, 0.717) is 11.3 Å². The zero-order valence-corrected chi connectivity index (χ0v) is 15.1. The van der Waals surface area contributed by atoms with E-state index in [4.69, 9.17) is 0 Å². The maximum atomic E-state index is 12.1. The summed E-state index contributed by atoms with van der Waals surface area (Å²) in [5.41, 5.74) is 6.66. The van der Waals surface area contributed by atoms with E-state index in [1.165, 1.54) is 6.08 Å². The van der Waals surface area contributed by atoms with E-state index in [-0.39, 0.29) is 11.8 Å². The summed E-state index contributed by atoms with van der Waals surface area (Å²) in [5, 5.41) is 6.62. The summed E-state index contributed by atoms with van der Waals surface area (Å²) in [5.74, 6) is -0.640. The molecule has 0 aliphatic heterocycles. The molecule has 0 unspecified atom stereocenters. The molecule has 0 aliphatic carbocycles. The molecule has 2 N–H and O–H groups in total. The summed E-state index contributed by atoms with van der Waals surface area (Å²) >= 11 is 0. The van der Waals surface area contributed by atoms with Gasteiger partial charge in [0.2, 0.25) is 5.91 Å². The van der Waals surface area contributed by atoms with Crippen LogP contribution in [-0.4, -0.2) is 18.0 Å². The first-order valence-electron chi connectivity index (χ1n) is 8.68. The summed E-state index contributed by atoms with van der Waals surface area (Å²) < 4.78 is 0.